The van der Waals surface area contributed by atoms with Crippen LogP contribution in [0.25, 0.3) is 0 Å². The Labute approximate surface area is 157 Å². The van der Waals surface area contributed by atoms with Gasteiger partial charge in [0.05, 0.1) is 5.69 Å². The standard InChI is InChI=1S/C17H25N5OS2/c1-4-21(13(3)23)16-18-14(10-24-16)11-25-17-20-19-12(2)22(17)15-8-6-5-7-9-15/h10,15H,4-9,11H2,1-3H3. The van der Waals surface area contributed by atoms with Crippen LogP contribution in [-0.2, 0) is 10.5 Å². The van der Waals surface area contributed by atoms with E-state index in [1.54, 1.807) is 23.6 Å². The van der Waals surface area contributed by atoms with Gasteiger partial charge in [-0.25, -0.2) is 4.98 Å². The van der Waals surface area contributed by atoms with Gasteiger partial charge >= 0.3 is 0 Å². The Hall–Kier alpha value is -1.41. The van der Waals surface area contributed by atoms with E-state index in [4.69, 9.17) is 0 Å². The largest absolute Gasteiger partial charge is 0.303 e. The minimum atomic E-state index is 0.0312. The Morgan fingerprint density at radius 2 is 2.12 bits per heavy atom. The number of amides is 1. The molecule has 2 aromatic rings. The molecule has 2 aromatic heterocycles. The van der Waals surface area contributed by atoms with Gasteiger partial charge < -0.3 is 4.57 Å². The molecule has 0 bridgehead atoms. The van der Waals surface area contributed by atoms with Crippen LogP contribution in [0.5, 0.6) is 0 Å². The molecule has 1 saturated carbocycles. The van der Waals surface area contributed by atoms with Crippen molar-refractivity contribution in [2.24, 2.45) is 0 Å². The average Bonchev–Trinajstić information content (AvgIpc) is 3.21. The molecule has 8 heteroatoms. The number of thioether (sulfide) groups is 1. The van der Waals surface area contributed by atoms with Gasteiger partial charge in [0.1, 0.15) is 5.82 Å². The van der Waals surface area contributed by atoms with E-state index in [0.29, 0.717) is 12.6 Å². The lowest BCUT2D eigenvalue weighted by atomic mass is 9.95. The third kappa shape index (κ3) is 4.23. The maximum atomic E-state index is 11.7. The lowest BCUT2D eigenvalue weighted by Gasteiger charge is -2.24. The second kappa shape index (κ2) is 8.31. The summed E-state index contributed by atoms with van der Waals surface area (Å²) in [7, 11) is 0. The van der Waals surface area contributed by atoms with Crippen molar-refractivity contribution in [3.05, 3.63) is 16.9 Å². The van der Waals surface area contributed by atoms with E-state index in [1.807, 2.05) is 19.2 Å². The highest BCUT2D eigenvalue weighted by Gasteiger charge is 2.21. The fourth-order valence-corrected chi connectivity index (χ4v) is 5.31. The monoisotopic (exact) mass is 379 g/mol. The molecular weight excluding hydrogens is 354 g/mol. The minimum absolute atomic E-state index is 0.0312. The van der Waals surface area contributed by atoms with E-state index in [-0.39, 0.29) is 5.91 Å². The molecule has 0 aliphatic heterocycles. The lowest BCUT2D eigenvalue weighted by molar-refractivity contribution is -0.116. The molecule has 0 spiro atoms. The van der Waals surface area contributed by atoms with Crippen molar-refractivity contribution >= 4 is 34.1 Å². The smallest absolute Gasteiger partial charge is 0.225 e. The molecule has 0 N–H and O–H groups in total. The predicted molar refractivity (Wildman–Crippen MR) is 102 cm³/mol. The van der Waals surface area contributed by atoms with Crippen LogP contribution in [0.4, 0.5) is 5.13 Å². The Bertz CT molecular complexity index is 720. The second-order valence-corrected chi connectivity index (χ2v) is 8.14. The average molecular weight is 380 g/mol. The summed E-state index contributed by atoms with van der Waals surface area (Å²) < 4.78 is 2.31. The number of hydrogen-bond acceptors (Lipinski definition) is 6. The van der Waals surface area contributed by atoms with E-state index < -0.39 is 0 Å². The number of anilines is 1. The van der Waals surface area contributed by atoms with Crippen LogP contribution in [0, 0.1) is 6.92 Å². The van der Waals surface area contributed by atoms with Crippen molar-refractivity contribution in [1.82, 2.24) is 19.7 Å². The highest BCUT2D eigenvalue weighted by molar-refractivity contribution is 7.98. The van der Waals surface area contributed by atoms with Crippen LogP contribution >= 0.6 is 23.1 Å². The van der Waals surface area contributed by atoms with Crippen molar-refractivity contribution in [2.75, 3.05) is 11.4 Å². The first-order valence-corrected chi connectivity index (χ1v) is 10.7. The number of aryl methyl sites for hydroxylation is 1. The van der Waals surface area contributed by atoms with Gasteiger partial charge in [-0.3, -0.25) is 9.69 Å². The van der Waals surface area contributed by atoms with Gasteiger partial charge in [0.2, 0.25) is 5.91 Å². The van der Waals surface area contributed by atoms with E-state index in [2.05, 4.69) is 19.7 Å². The number of rotatable bonds is 6. The summed E-state index contributed by atoms with van der Waals surface area (Å²) in [5, 5.41) is 12.5. The molecule has 1 amide bonds. The van der Waals surface area contributed by atoms with Crippen LogP contribution in [0.2, 0.25) is 0 Å². The van der Waals surface area contributed by atoms with Crippen LogP contribution in [0.15, 0.2) is 10.5 Å². The van der Waals surface area contributed by atoms with Gasteiger partial charge in [-0.2, -0.15) is 0 Å². The summed E-state index contributed by atoms with van der Waals surface area (Å²) in [4.78, 5) is 18.0. The molecule has 0 saturated heterocycles. The van der Waals surface area contributed by atoms with Crippen molar-refractivity contribution < 1.29 is 4.79 Å². The van der Waals surface area contributed by atoms with Crippen LogP contribution in [0.1, 0.15) is 63.5 Å². The van der Waals surface area contributed by atoms with Crippen molar-refractivity contribution in [3.8, 4) is 0 Å². The first-order chi connectivity index (χ1) is 12.1. The summed E-state index contributed by atoms with van der Waals surface area (Å²) in [6.45, 7) is 6.23. The number of nitrogens with zero attached hydrogens (tertiary/aromatic N) is 5. The highest BCUT2D eigenvalue weighted by Crippen LogP contribution is 2.33. The molecule has 0 atom stereocenters. The zero-order valence-electron chi connectivity index (χ0n) is 15.1. The van der Waals surface area contributed by atoms with Gasteiger partial charge in [0, 0.05) is 30.6 Å². The summed E-state index contributed by atoms with van der Waals surface area (Å²) in [5.41, 5.74) is 0.987. The lowest BCUT2D eigenvalue weighted by Crippen LogP contribution is -2.27. The number of hydrogen-bond donors (Lipinski definition) is 0. The Kier molecular flexibility index (Phi) is 6.11. The summed E-state index contributed by atoms with van der Waals surface area (Å²) in [6, 6.07) is 0.533. The van der Waals surface area contributed by atoms with E-state index in [1.165, 1.54) is 43.4 Å². The van der Waals surface area contributed by atoms with Crippen LogP contribution in [0.3, 0.4) is 0 Å². The molecule has 136 valence electrons. The molecule has 2 heterocycles. The Morgan fingerprint density at radius 3 is 2.80 bits per heavy atom. The Balaban J connectivity index is 1.68. The van der Waals surface area contributed by atoms with E-state index in [0.717, 1.165) is 27.6 Å². The van der Waals surface area contributed by atoms with Gasteiger partial charge in [-0.1, -0.05) is 31.0 Å². The summed E-state index contributed by atoms with van der Waals surface area (Å²) >= 11 is 3.21. The first kappa shape index (κ1) is 18.4. The van der Waals surface area contributed by atoms with E-state index in [9.17, 15) is 4.79 Å². The van der Waals surface area contributed by atoms with Crippen molar-refractivity contribution in [3.63, 3.8) is 0 Å². The highest BCUT2D eigenvalue weighted by atomic mass is 32.2. The molecule has 0 unspecified atom stereocenters. The summed E-state index contributed by atoms with van der Waals surface area (Å²) in [5.74, 6) is 1.78. The number of carbonyl (C=O) groups is 1. The molecule has 1 aliphatic rings. The van der Waals surface area contributed by atoms with Crippen molar-refractivity contribution in [2.45, 2.75) is 69.8 Å². The normalized spacial score (nSPS) is 15.5. The fourth-order valence-electron chi connectivity index (χ4n) is 3.33. The molecule has 1 fully saturated rings. The number of thiazole rings is 1. The molecule has 25 heavy (non-hydrogen) atoms. The zero-order chi connectivity index (χ0) is 17.8. The van der Waals surface area contributed by atoms with E-state index >= 15 is 0 Å². The fraction of sp³-hybridized carbons (Fsp3) is 0.647. The predicted octanol–water partition coefficient (Wildman–Crippen LogP) is 4.21. The molecule has 0 radical (unpaired) electrons. The molecular formula is C17H25N5OS2. The molecule has 3 rings (SSSR count). The first-order valence-electron chi connectivity index (χ1n) is 8.87. The van der Waals surface area contributed by atoms with Gasteiger partial charge in [-0.05, 0) is 26.7 Å². The zero-order valence-corrected chi connectivity index (χ0v) is 16.7. The van der Waals surface area contributed by atoms with Crippen molar-refractivity contribution in [1.29, 1.82) is 0 Å². The Morgan fingerprint density at radius 1 is 1.36 bits per heavy atom. The quantitative estimate of drug-likeness (QED) is 0.703. The third-order valence-corrected chi connectivity index (χ3v) is 6.48. The minimum Gasteiger partial charge on any atom is -0.303 e. The SMILES string of the molecule is CCN(C(C)=O)c1nc(CSc2nnc(C)n2C2CCCCC2)cs1. The second-order valence-electron chi connectivity index (χ2n) is 6.36. The van der Waals surface area contributed by atoms with Gasteiger partial charge in [0.25, 0.3) is 0 Å². The molecule has 0 aromatic carbocycles. The van der Waals surface area contributed by atoms with Gasteiger partial charge in [-0.15, -0.1) is 21.5 Å². The maximum Gasteiger partial charge on any atom is 0.225 e. The maximum absolute atomic E-state index is 11.7. The molecule has 1 aliphatic carbocycles. The van der Waals surface area contributed by atoms with Gasteiger partial charge in [0.15, 0.2) is 10.3 Å². The summed E-state index contributed by atoms with van der Waals surface area (Å²) in [6.07, 6.45) is 6.36. The number of aromatic nitrogens is 4. The van der Waals surface area contributed by atoms with Crippen LogP contribution < -0.4 is 4.90 Å². The van der Waals surface area contributed by atoms with Crippen LogP contribution in [-0.4, -0.2) is 32.2 Å². The molecule has 6 nitrogen and oxygen atoms in total. The topological polar surface area (TPSA) is 63.9 Å². The third-order valence-electron chi connectivity index (χ3n) is 4.59. The number of carbonyl (C=O) groups excluding carboxylic acids is 1.